The molecule has 38 heavy (non-hydrogen) atoms. The first-order chi connectivity index (χ1) is 18.1. The number of β-lactam (4-membered cyclic amide) rings is 1. The smallest absolute Gasteiger partial charge is 0.384 e. The van der Waals surface area contributed by atoms with Crippen LogP contribution in [0.15, 0.2) is 42.9 Å². The minimum atomic E-state index is -4.69. The fourth-order valence-electron chi connectivity index (χ4n) is 5.42. The Morgan fingerprint density at radius 3 is 2.45 bits per heavy atom. The molecule has 9 nitrogen and oxygen atoms in total. The highest BCUT2D eigenvalue weighted by molar-refractivity contribution is 6.12. The number of carbonyl (C=O) groups excluding carboxylic acids is 3. The summed E-state index contributed by atoms with van der Waals surface area (Å²) >= 11 is 0. The van der Waals surface area contributed by atoms with Gasteiger partial charge in [-0.05, 0) is 61.9 Å². The Morgan fingerprint density at radius 2 is 1.84 bits per heavy atom. The van der Waals surface area contributed by atoms with E-state index in [4.69, 9.17) is 5.73 Å². The molecule has 2 fully saturated rings. The van der Waals surface area contributed by atoms with Crippen LogP contribution in [0.5, 0.6) is 0 Å². The molecule has 0 radical (unpaired) electrons. The van der Waals surface area contributed by atoms with Crippen LogP contribution in [-0.2, 0) is 16.0 Å². The number of aromatic nitrogens is 2. The predicted molar refractivity (Wildman–Crippen MR) is 134 cm³/mol. The van der Waals surface area contributed by atoms with Crippen molar-refractivity contribution in [3.05, 3.63) is 48.4 Å². The lowest BCUT2D eigenvalue weighted by Crippen LogP contribution is -2.72. The van der Waals surface area contributed by atoms with Gasteiger partial charge in [-0.25, -0.2) is 9.78 Å². The van der Waals surface area contributed by atoms with E-state index in [1.54, 1.807) is 31.2 Å². The number of alkyl halides is 3. The summed E-state index contributed by atoms with van der Waals surface area (Å²) in [7, 11) is 0. The first-order valence-corrected chi connectivity index (χ1v) is 12.7. The molecule has 2 aromatic rings. The van der Waals surface area contributed by atoms with Gasteiger partial charge in [-0.15, -0.1) is 0 Å². The van der Waals surface area contributed by atoms with Crippen molar-refractivity contribution >= 4 is 29.4 Å². The van der Waals surface area contributed by atoms with E-state index in [2.05, 4.69) is 15.3 Å². The minimum absolute atomic E-state index is 0.0744. The van der Waals surface area contributed by atoms with Crippen molar-refractivity contribution in [2.24, 2.45) is 11.8 Å². The number of halogens is 3. The van der Waals surface area contributed by atoms with Gasteiger partial charge >= 0.3 is 12.2 Å². The van der Waals surface area contributed by atoms with Crippen molar-refractivity contribution < 1.29 is 27.6 Å². The number of rotatable bonds is 7. The van der Waals surface area contributed by atoms with E-state index in [1.807, 2.05) is 0 Å². The molecule has 1 aliphatic carbocycles. The molecular weight excluding hydrogens is 501 g/mol. The number of likely N-dealkylation sites (tertiary alicyclic amines) is 1. The molecule has 204 valence electrons. The summed E-state index contributed by atoms with van der Waals surface area (Å²) in [6.07, 6.45) is 2.64. The average Bonchev–Trinajstić information content (AvgIpc) is 2.89. The number of nitrogen functional groups attached to an aromatic ring is 1. The third-order valence-electron chi connectivity index (χ3n) is 7.30. The number of hydrogen-bond donors (Lipinski definition) is 2. The van der Waals surface area contributed by atoms with Gasteiger partial charge < -0.3 is 16.0 Å². The Bertz CT molecular complexity index is 1160. The van der Waals surface area contributed by atoms with Crippen LogP contribution in [0.3, 0.4) is 0 Å². The maximum atomic E-state index is 14.0. The van der Waals surface area contributed by atoms with Crippen LogP contribution in [0, 0.1) is 11.8 Å². The maximum Gasteiger partial charge on any atom is 0.408 e. The third kappa shape index (κ3) is 5.73. The van der Waals surface area contributed by atoms with E-state index in [9.17, 15) is 27.6 Å². The number of nitrogens with one attached hydrogen (secondary N) is 1. The van der Waals surface area contributed by atoms with Gasteiger partial charge in [0.1, 0.15) is 17.9 Å². The fourth-order valence-corrected chi connectivity index (χ4v) is 5.42. The number of hydrogen-bond acceptors (Lipinski definition) is 6. The van der Waals surface area contributed by atoms with Gasteiger partial charge in [-0.2, -0.15) is 13.2 Å². The molecule has 2 aromatic heterocycles. The van der Waals surface area contributed by atoms with E-state index in [0.29, 0.717) is 41.8 Å². The molecule has 3 heterocycles. The number of imide groups is 1. The van der Waals surface area contributed by atoms with Crippen molar-refractivity contribution in [2.45, 2.75) is 63.7 Å². The lowest BCUT2D eigenvalue weighted by molar-refractivity contribution is -0.170. The Hall–Kier alpha value is -3.70. The number of urea groups is 1. The van der Waals surface area contributed by atoms with Crippen LogP contribution < -0.4 is 16.0 Å². The summed E-state index contributed by atoms with van der Waals surface area (Å²) in [4.78, 5) is 50.1. The summed E-state index contributed by atoms with van der Waals surface area (Å²) < 4.78 is 42.0. The van der Waals surface area contributed by atoms with Crippen LogP contribution in [0.2, 0.25) is 0 Å². The van der Waals surface area contributed by atoms with E-state index >= 15 is 0 Å². The van der Waals surface area contributed by atoms with Gasteiger partial charge in [0.2, 0.25) is 5.91 Å². The van der Waals surface area contributed by atoms with Gasteiger partial charge in [0.05, 0.1) is 5.92 Å². The normalized spacial score (nSPS) is 20.9. The quantitative estimate of drug-likeness (QED) is 0.525. The van der Waals surface area contributed by atoms with Gasteiger partial charge in [0.25, 0.3) is 5.91 Å². The first kappa shape index (κ1) is 27.3. The predicted octanol–water partition coefficient (Wildman–Crippen LogP) is 3.70. The van der Waals surface area contributed by atoms with Crippen molar-refractivity contribution in [1.82, 2.24) is 20.2 Å². The molecule has 1 saturated carbocycles. The Labute approximate surface area is 218 Å². The number of anilines is 2. The highest BCUT2D eigenvalue weighted by atomic mass is 19.4. The second-order valence-electron chi connectivity index (χ2n) is 9.71. The average molecular weight is 533 g/mol. The summed E-state index contributed by atoms with van der Waals surface area (Å²) in [5.41, 5.74) is 6.87. The van der Waals surface area contributed by atoms with Gasteiger partial charge in [-0.3, -0.25) is 19.5 Å². The molecule has 3 atom stereocenters. The van der Waals surface area contributed by atoms with Crippen LogP contribution in [0.1, 0.15) is 44.6 Å². The summed E-state index contributed by atoms with van der Waals surface area (Å²) in [6.45, 7) is 1.94. The molecule has 3 N–H and O–H groups in total. The number of pyridine rings is 2. The molecule has 0 unspecified atom stereocenters. The molecule has 0 bridgehead atoms. The Balaban J connectivity index is 1.62. The number of carbonyl (C=O) groups is 3. The molecule has 0 aromatic carbocycles. The third-order valence-corrected chi connectivity index (χ3v) is 7.30. The fraction of sp³-hybridized carbons (Fsp3) is 0.500. The van der Waals surface area contributed by atoms with E-state index in [-0.39, 0.29) is 18.8 Å². The van der Waals surface area contributed by atoms with E-state index < -0.39 is 47.9 Å². The van der Waals surface area contributed by atoms with Gasteiger partial charge in [-0.1, -0.05) is 19.3 Å². The molecule has 4 rings (SSSR count). The van der Waals surface area contributed by atoms with Crippen LogP contribution in [0.25, 0.3) is 0 Å². The topological polar surface area (TPSA) is 122 Å². The van der Waals surface area contributed by atoms with Crippen molar-refractivity contribution in [2.75, 3.05) is 17.2 Å². The lowest BCUT2D eigenvalue weighted by Gasteiger charge is -2.46. The zero-order valence-corrected chi connectivity index (χ0v) is 21.0. The van der Waals surface area contributed by atoms with Crippen molar-refractivity contribution in [3.8, 4) is 0 Å². The minimum Gasteiger partial charge on any atom is -0.384 e. The van der Waals surface area contributed by atoms with Crippen molar-refractivity contribution in [1.29, 1.82) is 0 Å². The zero-order valence-electron chi connectivity index (χ0n) is 21.0. The molecule has 12 heteroatoms. The van der Waals surface area contributed by atoms with E-state index in [0.717, 1.165) is 6.42 Å². The number of nitrogens with zero attached hydrogens (tertiary/aromatic N) is 4. The Kier molecular flexibility index (Phi) is 8.17. The highest BCUT2D eigenvalue weighted by Crippen LogP contribution is 2.37. The molecule has 2 aliphatic rings. The summed E-state index contributed by atoms with van der Waals surface area (Å²) in [5, 5.41) is 2.06. The number of nitrogens with two attached hydrogens (primary N) is 1. The lowest BCUT2D eigenvalue weighted by atomic mass is 9.81. The van der Waals surface area contributed by atoms with Crippen LogP contribution in [-0.4, -0.2) is 57.5 Å². The SMILES string of the molecule is CCN(C(=O)[C@@H]1[C@@H](Cc2ccnc(N)c2)C(=O)N1C(=O)N[C@@H](C1CCCCC1)C(F)(F)F)c1ccncc1. The molecule has 1 aliphatic heterocycles. The maximum absolute atomic E-state index is 14.0. The number of amides is 4. The molecule has 1 saturated heterocycles. The summed E-state index contributed by atoms with van der Waals surface area (Å²) in [6, 6.07) is 1.81. The van der Waals surface area contributed by atoms with E-state index in [1.165, 1.54) is 23.5 Å². The monoisotopic (exact) mass is 532 g/mol. The zero-order chi connectivity index (χ0) is 27.4. The highest BCUT2D eigenvalue weighted by Gasteiger charge is 2.57. The van der Waals surface area contributed by atoms with Gasteiger partial charge in [0.15, 0.2) is 0 Å². The van der Waals surface area contributed by atoms with Gasteiger partial charge in [0, 0.05) is 30.8 Å². The largest absolute Gasteiger partial charge is 0.408 e. The standard InChI is InChI=1S/C26H31F3N6O3/c1-2-34(18-9-11-31-12-10-18)24(37)21-19(14-16-8-13-32-20(30)15-16)23(36)35(21)25(38)33-22(26(27,28)29)17-6-4-3-5-7-17/h8-13,15,17,19,21-22H,2-7,14H2,1H3,(H2,30,32)(H,33,38)/t19-,21+,22+/m1/s1. The first-order valence-electron chi connectivity index (χ1n) is 12.7. The van der Waals surface area contributed by atoms with Crippen LogP contribution >= 0.6 is 0 Å². The Morgan fingerprint density at radius 1 is 1.16 bits per heavy atom. The van der Waals surface area contributed by atoms with Crippen molar-refractivity contribution in [3.63, 3.8) is 0 Å². The molecule has 4 amide bonds. The molecule has 0 spiro atoms. The summed E-state index contributed by atoms with van der Waals surface area (Å²) in [5.74, 6) is -2.80. The van der Waals surface area contributed by atoms with Crippen LogP contribution in [0.4, 0.5) is 29.5 Å². The molecular formula is C26H31F3N6O3. The number of likely N-dealkylation sites (N-methyl/N-ethyl adjacent to an activating group) is 1. The second kappa shape index (κ2) is 11.4. The second-order valence-corrected chi connectivity index (χ2v) is 9.71.